The fraction of sp³-hybridized carbons (Fsp3) is 0.588. The van der Waals surface area contributed by atoms with Crippen LogP contribution in [0.4, 0.5) is 0 Å². The first-order valence-electron chi connectivity index (χ1n) is 7.36. The van der Waals surface area contributed by atoms with E-state index in [4.69, 9.17) is 0 Å². The lowest BCUT2D eigenvalue weighted by Gasteiger charge is -2.36. The summed E-state index contributed by atoms with van der Waals surface area (Å²) in [5.74, 6) is 0.278. The summed E-state index contributed by atoms with van der Waals surface area (Å²) in [6.45, 7) is 10.5. The molecule has 0 saturated carbocycles. The molecule has 0 bridgehead atoms. The lowest BCUT2D eigenvalue weighted by atomic mass is 9.86. The van der Waals surface area contributed by atoms with Crippen LogP contribution in [0.1, 0.15) is 54.6 Å². The molecule has 19 heavy (non-hydrogen) atoms. The summed E-state index contributed by atoms with van der Waals surface area (Å²) in [4.78, 5) is 15.3. The summed E-state index contributed by atoms with van der Waals surface area (Å²) in [6.07, 6.45) is 3.31. The smallest absolute Gasteiger partial charge is 0.182 e. The van der Waals surface area contributed by atoms with E-state index in [-0.39, 0.29) is 11.3 Å². The molecule has 1 saturated heterocycles. The van der Waals surface area contributed by atoms with Crippen LogP contribution in [0.15, 0.2) is 18.2 Å². The van der Waals surface area contributed by atoms with Crippen LogP contribution < -0.4 is 0 Å². The van der Waals surface area contributed by atoms with Gasteiger partial charge in [0.1, 0.15) is 0 Å². The first-order chi connectivity index (χ1) is 8.99. The Bertz CT molecular complexity index is 474. The number of carbonyl (C=O) groups excluding carboxylic acids is 1. The topological polar surface area (TPSA) is 20.3 Å². The van der Waals surface area contributed by atoms with Crippen LogP contribution in [-0.2, 0) is 0 Å². The normalized spacial score (nSPS) is 19.4. The summed E-state index contributed by atoms with van der Waals surface area (Å²) in [5.41, 5.74) is 2.97. The van der Waals surface area contributed by atoms with Crippen molar-refractivity contribution in [2.24, 2.45) is 0 Å². The molecule has 1 aromatic rings. The molecule has 0 N–H and O–H groups in total. The quantitative estimate of drug-likeness (QED) is 0.768. The van der Waals surface area contributed by atoms with Crippen LogP contribution in [0.2, 0.25) is 0 Å². The molecule has 0 aliphatic carbocycles. The third-order valence-electron chi connectivity index (χ3n) is 4.75. The molecule has 2 rings (SSSR count). The van der Waals surface area contributed by atoms with E-state index < -0.39 is 0 Å². The fourth-order valence-electron chi connectivity index (χ4n) is 2.93. The number of likely N-dealkylation sites (tertiary alicyclic amines) is 1. The number of rotatable bonds is 4. The molecule has 2 heteroatoms. The van der Waals surface area contributed by atoms with Crippen LogP contribution in [0.25, 0.3) is 0 Å². The van der Waals surface area contributed by atoms with E-state index in [1.54, 1.807) is 0 Å². The number of hydrogen-bond acceptors (Lipinski definition) is 2. The van der Waals surface area contributed by atoms with E-state index in [1.165, 1.54) is 24.0 Å². The molecule has 1 heterocycles. The van der Waals surface area contributed by atoms with Gasteiger partial charge in [-0.05, 0) is 70.3 Å². The third kappa shape index (κ3) is 2.59. The standard InChI is InChI=1S/C17H25NO/c1-5-17(4,18-10-6-7-11-18)16(19)15-9-8-13(2)14(3)12-15/h8-9,12H,5-7,10-11H2,1-4H3. The molecule has 1 aromatic carbocycles. The molecular weight excluding hydrogens is 234 g/mol. The molecule has 1 aliphatic heterocycles. The van der Waals surface area contributed by atoms with Gasteiger partial charge in [-0.25, -0.2) is 0 Å². The molecule has 104 valence electrons. The summed E-state index contributed by atoms with van der Waals surface area (Å²) >= 11 is 0. The van der Waals surface area contributed by atoms with Crippen LogP contribution in [0.3, 0.4) is 0 Å². The van der Waals surface area contributed by atoms with E-state index >= 15 is 0 Å². The predicted octanol–water partition coefficient (Wildman–Crippen LogP) is 3.75. The van der Waals surface area contributed by atoms with Gasteiger partial charge >= 0.3 is 0 Å². The van der Waals surface area contributed by atoms with E-state index in [0.717, 1.165) is 25.1 Å². The first-order valence-corrected chi connectivity index (χ1v) is 7.36. The highest BCUT2D eigenvalue weighted by atomic mass is 16.1. The average Bonchev–Trinajstić information content (AvgIpc) is 2.94. The van der Waals surface area contributed by atoms with Crippen LogP contribution in [0, 0.1) is 13.8 Å². The fourth-order valence-corrected chi connectivity index (χ4v) is 2.93. The minimum Gasteiger partial charge on any atom is -0.292 e. The van der Waals surface area contributed by atoms with Gasteiger partial charge in [0.15, 0.2) is 5.78 Å². The van der Waals surface area contributed by atoms with Crippen molar-refractivity contribution >= 4 is 5.78 Å². The molecule has 0 radical (unpaired) electrons. The Morgan fingerprint density at radius 2 is 1.84 bits per heavy atom. The number of benzene rings is 1. The second kappa shape index (κ2) is 5.46. The Morgan fingerprint density at radius 3 is 2.37 bits per heavy atom. The second-order valence-electron chi connectivity index (χ2n) is 5.95. The molecule has 1 unspecified atom stereocenters. The summed E-state index contributed by atoms with van der Waals surface area (Å²) in [5, 5.41) is 0. The summed E-state index contributed by atoms with van der Waals surface area (Å²) in [6, 6.07) is 6.08. The van der Waals surface area contributed by atoms with Gasteiger partial charge in [0, 0.05) is 5.56 Å². The number of aryl methyl sites for hydroxylation is 2. The highest BCUT2D eigenvalue weighted by molar-refractivity contribution is 6.03. The number of ketones is 1. The van der Waals surface area contributed by atoms with E-state index in [0.29, 0.717) is 0 Å². The van der Waals surface area contributed by atoms with Gasteiger partial charge in [0.25, 0.3) is 0 Å². The van der Waals surface area contributed by atoms with Gasteiger partial charge in [-0.15, -0.1) is 0 Å². The van der Waals surface area contributed by atoms with Gasteiger partial charge in [0.2, 0.25) is 0 Å². The predicted molar refractivity (Wildman–Crippen MR) is 79.7 cm³/mol. The van der Waals surface area contributed by atoms with Gasteiger partial charge in [-0.3, -0.25) is 9.69 Å². The Balaban J connectivity index is 2.31. The molecular formula is C17H25NO. The third-order valence-corrected chi connectivity index (χ3v) is 4.75. The van der Waals surface area contributed by atoms with Gasteiger partial charge < -0.3 is 0 Å². The summed E-state index contributed by atoms with van der Waals surface area (Å²) in [7, 11) is 0. The minimum atomic E-state index is -0.335. The first kappa shape index (κ1) is 14.3. The highest BCUT2D eigenvalue weighted by Crippen LogP contribution is 2.29. The van der Waals surface area contributed by atoms with Crippen molar-refractivity contribution in [2.45, 2.75) is 52.5 Å². The minimum absolute atomic E-state index is 0.278. The largest absolute Gasteiger partial charge is 0.292 e. The van der Waals surface area contributed by atoms with Crippen molar-refractivity contribution in [1.29, 1.82) is 0 Å². The molecule has 2 nitrogen and oxygen atoms in total. The van der Waals surface area contributed by atoms with E-state index in [9.17, 15) is 4.79 Å². The Morgan fingerprint density at radius 1 is 1.21 bits per heavy atom. The van der Waals surface area contributed by atoms with Crippen molar-refractivity contribution in [3.63, 3.8) is 0 Å². The van der Waals surface area contributed by atoms with Crippen molar-refractivity contribution in [2.75, 3.05) is 13.1 Å². The molecule has 0 amide bonds. The number of nitrogens with zero attached hydrogens (tertiary/aromatic N) is 1. The molecule has 1 atom stereocenters. The van der Waals surface area contributed by atoms with Crippen LogP contribution in [0.5, 0.6) is 0 Å². The van der Waals surface area contributed by atoms with Crippen molar-refractivity contribution in [3.8, 4) is 0 Å². The highest BCUT2D eigenvalue weighted by Gasteiger charge is 2.39. The number of carbonyl (C=O) groups is 1. The number of Topliss-reactive ketones (excluding diaryl/α,β-unsaturated/α-hetero) is 1. The zero-order chi connectivity index (χ0) is 14.0. The Kier molecular flexibility index (Phi) is 4.10. The molecule has 0 spiro atoms. The summed E-state index contributed by atoms with van der Waals surface area (Å²) < 4.78 is 0. The SMILES string of the molecule is CCC(C)(C(=O)c1ccc(C)c(C)c1)N1CCCC1. The Hall–Kier alpha value is -1.15. The number of hydrogen-bond donors (Lipinski definition) is 0. The van der Waals surface area contributed by atoms with Gasteiger partial charge in [0.05, 0.1) is 5.54 Å². The zero-order valence-corrected chi connectivity index (χ0v) is 12.6. The maximum absolute atomic E-state index is 12.9. The van der Waals surface area contributed by atoms with Crippen LogP contribution >= 0.6 is 0 Å². The lowest BCUT2D eigenvalue weighted by molar-refractivity contribution is 0.0647. The van der Waals surface area contributed by atoms with Crippen molar-refractivity contribution in [1.82, 2.24) is 4.90 Å². The monoisotopic (exact) mass is 259 g/mol. The maximum atomic E-state index is 12.9. The van der Waals surface area contributed by atoms with Gasteiger partial charge in [-0.2, -0.15) is 0 Å². The van der Waals surface area contributed by atoms with Gasteiger partial charge in [-0.1, -0.05) is 19.1 Å². The molecule has 0 aromatic heterocycles. The molecule has 1 fully saturated rings. The van der Waals surface area contributed by atoms with Crippen LogP contribution in [-0.4, -0.2) is 29.3 Å². The van der Waals surface area contributed by atoms with E-state index in [1.807, 2.05) is 12.1 Å². The second-order valence-corrected chi connectivity index (χ2v) is 5.95. The average molecular weight is 259 g/mol. The maximum Gasteiger partial charge on any atom is 0.182 e. The Labute approximate surface area is 116 Å². The molecule has 1 aliphatic rings. The zero-order valence-electron chi connectivity index (χ0n) is 12.6. The van der Waals surface area contributed by atoms with Crippen molar-refractivity contribution < 1.29 is 4.79 Å². The van der Waals surface area contributed by atoms with E-state index in [2.05, 4.69) is 38.7 Å². The lowest BCUT2D eigenvalue weighted by Crippen LogP contribution is -2.50. The van der Waals surface area contributed by atoms with Crippen molar-refractivity contribution in [3.05, 3.63) is 34.9 Å².